The Morgan fingerprint density at radius 3 is 3.00 bits per heavy atom. The predicted molar refractivity (Wildman–Crippen MR) is 87.7 cm³/mol. The van der Waals surface area contributed by atoms with Crippen LogP contribution < -0.4 is 16.4 Å². The van der Waals surface area contributed by atoms with Gasteiger partial charge in [0.15, 0.2) is 0 Å². The fourth-order valence-electron chi connectivity index (χ4n) is 2.71. The summed E-state index contributed by atoms with van der Waals surface area (Å²) in [7, 11) is 0. The van der Waals surface area contributed by atoms with Gasteiger partial charge in [0, 0.05) is 23.4 Å². The van der Waals surface area contributed by atoms with Crippen LogP contribution in [0.2, 0.25) is 0 Å². The number of fused-ring (bicyclic) bond motifs is 1. The SMILES string of the molecule is CC[C@H](Nc1nc(N)nc2c1CCNCC2)c1cccs1. The van der Waals surface area contributed by atoms with Crippen molar-refractivity contribution in [2.45, 2.75) is 32.2 Å². The summed E-state index contributed by atoms with van der Waals surface area (Å²) >= 11 is 1.77. The summed E-state index contributed by atoms with van der Waals surface area (Å²) in [5.74, 6) is 1.26. The molecular formula is C15H21N5S. The Labute approximate surface area is 129 Å². The minimum Gasteiger partial charge on any atom is -0.368 e. The van der Waals surface area contributed by atoms with Gasteiger partial charge in [-0.05, 0) is 30.8 Å². The van der Waals surface area contributed by atoms with Crippen LogP contribution in [0, 0.1) is 0 Å². The number of hydrogen-bond acceptors (Lipinski definition) is 6. The number of rotatable bonds is 4. The highest BCUT2D eigenvalue weighted by Gasteiger charge is 2.19. The summed E-state index contributed by atoms with van der Waals surface area (Å²) in [6, 6.07) is 4.53. The fourth-order valence-corrected chi connectivity index (χ4v) is 3.57. The van der Waals surface area contributed by atoms with Crippen molar-refractivity contribution < 1.29 is 0 Å². The maximum absolute atomic E-state index is 5.89. The Morgan fingerprint density at radius 2 is 2.24 bits per heavy atom. The zero-order valence-corrected chi connectivity index (χ0v) is 13.0. The van der Waals surface area contributed by atoms with E-state index in [9.17, 15) is 0 Å². The lowest BCUT2D eigenvalue weighted by Crippen LogP contribution is -2.16. The third kappa shape index (κ3) is 3.16. The van der Waals surface area contributed by atoms with Crippen molar-refractivity contribution in [2.24, 2.45) is 0 Å². The Balaban J connectivity index is 1.92. The molecule has 0 saturated heterocycles. The number of nitrogens with one attached hydrogen (secondary N) is 2. The Morgan fingerprint density at radius 1 is 1.38 bits per heavy atom. The molecule has 21 heavy (non-hydrogen) atoms. The van der Waals surface area contributed by atoms with Gasteiger partial charge >= 0.3 is 0 Å². The van der Waals surface area contributed by atoms with E-state index in [0.29, 0.717) is 5.95 Å². The van der Waals surface area contributed by atoms with Crippen LogP contribution >= 0.6 is 11.3 Å². The monoisotopic (exact) mass is 303 g/mol. The molecule has 0 fully saturated rings. The van der Waals surface area contributed by atoms with Crippen molar-refractivity contribution in [3.8, 4) is 0 Å². The number of thiophene rings is 1. The Hall–Kier alpha value is -1.66. The van der Waals surface area contributed by atoms with E-state index in [4.69, 9.17) is 5.73 Å². The first-order valence-corrected chi connectivity index (χ1v) is 8.31. The van der Waals surface area contributed by atoms with Crippen LogP contribution in [0.3, 0.4) is 0 Å². The van der Waals surface area contributed by atoms with E-state index in [1.807, 2.05) is 0 Å². The summed E-state index contributed by atoms with van der Waals surface area (Å²) in [6.45, 7) is 4.10. The molecule has 5 nitrogen and oxygen atoms in total. The number of anilines is 2. The lowest BCUT2D eigenvalue weighted by atomic mass is 10.1. The predicted octanol–water partition coefficient (Wildman–Crippen LogP) is 2.37. The number of nitrogen functional groups attached to an aromatic ring is 1. The fraction of sp³-hybridized carbons (Fsp3) is 0.467. The maximum atomic E-state index is 5.89. The van der Waals surface area contributed by atoms with Crippen LogP contribution in [0.5, 0.6) is 0 Å². The molecule has 3 heterocycles. The minimum atomic E-state index is 0.277. The number of hydrogen-bond donors (Lipinski definition) is 3. The molecule has 6 heteroatoms. The largest absolute Gasteiger partial charge is 0.368 e. The van der Waals surface area contributed by atoms with Crippen molar-refractivity contribution in [1.82, 2.24) is 15.3 Å². The first kappa shape index (κ1) is 14.3. The van der Waals surface area contributed by atoms with Crippen LogP contribution in [0.25, 0.3) is 0 Å². The molecule has 112 valence electrons. The second-order valence-corrected chi connectivity index (χ2v) is 6.21. The van der Waals surface area contributed by atoms with Crippen molar-refractivity contribution in [2.75, 3.05) is 24.1 Å². The molecule has 1 aliphatic rings. The first-order valence-electron chi connectivity index (χ1n) is 7.44. The molecule has 0 aliphatic carbocycles. The molecule has 0 saturated carbocycles. The highest BCUT2D eigenvalue weighted by molar-refractivity contribution is 7.10. The molecule has 0 amide bonds. The lowest BCUT2D eigenvalue weighted by molar-refractivity contribution is 0.708. The van der Waals surface area contributed by atoms with Crippen LogP contribution in [-0.4, -0.2) is 23.1 Å². The molecule has 3 rings (SSSR count). The van der Waals surface area contributed by atoms with Gasteiger partial charge in [-0.25, -0.2) is 4.98 Å². The lowest BCUT2D eigenvalue weighted by Gasteiger charge is -2.19. The highest BCUT2D eigenvalue weighted by atomic mass is 32.1. The number of aromatic nitrogens is 2. The summed E-state index contributed by atoms with van der Waals surface area (Å²) < 4.78 is 0. The van der Waals surface area contributed by atoms with E-state index in [1.54, 1.807) is 11.3 Å². The molecule has 0 aromatic carbocycles. The molecule has 0 bridgehead atoms. The maximum Gasteiger partial charge on any atom is 0.222 e. The van der Waals surface area contributed by atoms with Crippen LogP contribution in [-0.2, 0) is 12.8 Å². The van der Waals surface area contributed by atoms with Gasteiger partial charge in [0.2, 0.25) is 5.95 Å². The summed E-state index contributed by atoms with van der Waals surface area (Å²) in [4.78, 5) is 10.2. The van der Waals surface area contributed by atoms with Gasteiger partial charge in [0.25, 0.3) is 0 Å². The first-order chi connectivity index (χ1) is 10.3. The van der Waals surface area contributed by atoms with E-state index in [0.717, 1.165) is 43.9 Å². The molecule has 4 N–H and O–H groups in total. The Kier molecular flexibility index (Phi) is 4.36. The van der Waals surface area contributed by atoms with E-state index < -0.39 is 0 Å². The molecule has 0 spiro atoms. The van der Waals surface area contributed by atoms with Gasteiger partial charge < -0.3 is 16.4 Å². The molecule has 0 radical (unpaired) electrons. The van der Waals surface area contributed by atoms with Gasteiger partial charge in [-0.2, -0.15) is 4.98 Å². The molecule has 1 atom stereocenters. The highest BCUT2D eigenvalue weighted by Crippen LogP contribution is 2.28. The number of nitrogens with zero attached hydrogens (tertiary/aromatic N) is 2. The van der Waals surface area contributed by atoms with Gasteiger partial charge in [-0.3, -0.25) is 0 Å². The average Bonchev–Trinajstić information content (AvgIpc) is 2.90. The molecule has 2 aromatic heterocycles. The van der Waals surface area contributed by atoms with Crippen molar-refractivity contribution in [3.05, 3.63) is 33.6 Å². The molecular weight excluding hydrogens is 282 g/mol. The second-order valence-electron chi connectivity index (χ2n) is 5.23. The topological polar surface area (TPSA) is 75.9 Å². The quantitative estimate of drug-likeness (QED) is 0.808. The van der Waals surface area contributed by atoms with Gasteiger partial charge in [-0.1, -0.05) is 13.0 Å². The van der Waals surface area contributed by atoms with Crippen LogP contribution in [0.1, 0.15) is 35.5 Å². The third-order valence-electron chi connectivity index (χ3n) is 3.81. The number of nitrogens with two attached hydrogens (primary N) is 1. The standard InChI is InChI=1S/C15H21N5S/c1-2-11(13-4-3-9-21-13)18-14-10-5-7-17-8-6-12(10)19-15(16)20-14/h3-4,9,11,17H,2,5-8H2,1H3,(H3,16,18,19,20)/t11-/m0/s1. The Bertz CT molecular complexity index is 596. The molecule has 0 unspecified atom stereocenters. The minimum absolute atomic E-state index is 0.277. The van der Waals surface area contributed by atoms with E-state index in [1.165, 1.54) is 10.4 Å². The summed E-state index contributed by atoms with van der Waals surface area (Å²) in [5, 5.41) is 9.09. The van der Waals surface area contributed by atoms with Crippen molar-refractivity contribution in [1.29, 1.82) is 0 Å². The average molecular weight is 303 g/mol. The summed E-state index contributed by atoms with van der Waals surface area (Å²) in [5.41, 5.74) is 8.18. The van der Waals surface area contributed by atoms with Crippen LogP contribution in [0.4, 0.5) is 11.8 Å². The van der Waals surface area contributed by atoms with E-state index in [2.05, 4.69) is 45.0 Å². The zero-order chi connectivity index (χ0) is 14.7. The van der Waals surface area contributed by atoms with Crippen LogP contribution in [0.15, 0.2) is 17.5 Å². The zero-order valence-electron chi connectivity index (χ0n) is 12.2. The van der Waals surface area contributed by atoms with Crippen molar-refractivity contribution >= 4 is 23.1 Å². The van der Waals surface area contributed by atoms with Gasteiger partial charge in [-0.15, -0.1) is 11.3 Å². The smallest absolute Gasteiger partial charge is 0.222 e. The molecule has 2 aromatic rings. The van der Waals surface area contributed by atoms with Gasteiger partial charge in [0.1, 0.15) is 5.82 Å². The van der Waals surface area contributed by atoms with E-state index in [-0.39, 0.29) is 6.04 Å². The second kappa shape index (κ2) is 6.41. The third-order valence-corrected chi connectivity index (χ3v) is 4.79. The molecule has 1 aliphatic heterocycles. The summed E-state index contributed by atoms with van der Waals surface area (Å²) in [6.07, 6.45) is 2.86. The van der Waals surface area contributed by atoms with E-state index >= 15 is 0 Å². The van der Waals surface area contributed by atoms with Crippen molar-refractivity contribution in [3.63, 3.8) is 0 Å². The van der Waals surface area contributed by atoms with Gasteiger partial charge in [0.05, 0.1) is 11.7 Å². The normalized spacial score (nSPS) is 16.0.